The second-order valence-corrected chi connectivity index (χ2v) is 10.3. The molecule has 4 aromatic rings. The molecule has 4 aromatic carbocycles. The van der Waals surface area contributed by atoms with E-state index in [0.29, 0.717) is 18.2 Å². The van der Waals surface area contributed by atoms with Crippen molar-refractivity contribution in [2.75, 3.05) is 13.7 Å². The number of esters is 1. The first kappa shape index (κ1) is 26.7. The van der Waals surface area contributed by atoms with Crippen LogP contribution in [0, 0.1) is 0 Å². The fourth-order valence-electron chi connectivity index (χ4n) is 5.40. The van der Waals surface area contributed by atoms with E-state index in [1.807, 2.05) is 18.2 Å². The number of benzene rings is 4. The summed E-state index contributed by atoms with van der Waals surface area (Å²) in [7, 11) is 1.43. The van der Waals surface area contributed by atoms with Gasteiger partial charge in [0.1, 0.15) is 12.4 Å². The van der Waals surface area contributed by atoms with Gasteiger partial charge in [-0.1, -0.05) is 78.9 Å². The molecule has 0 radical (unpaired) electrons. The van der Waals surface area contributed by atoms with E-state index in [4.69, 9.17) is 9.47 Å². The Kier molecular flexibility index (Phi) is 9.08. The molecule has 4 nitrogen and oxygen atoms in total. The van der Waals surface area contributed by atoms with Crippen LogP contribution >= 0.6 is 0 Å². The van der Waals surface area contributed by atoms with Gasteiger partial charge in [-0.05, 0) is 96.6 Å². The van der Waals surface area contributed by atoms with E-state index in [0.717, 1.165) is 50.8 Å². The number of hydrogen-bond donors (Lipinski definition) is 1. The molecule has 1 atom stereocenters. The summed E-state index contributed by atoms with van der Waals surface area (Å²) in [6.07, 6.45) is 6.20. The van der Waals surface area contributed by atoms with Crippen LogP contribution in [0.15, 0.2) is 97.1 Å². The molecule has 1 unspecified atom stereocenters. The highest BCUT2D eigenvalue weighted by atomic mass is 16.5. The van der Waals surface area contributed by atoms with Crippen molar-refractivity contribution >= 4 is 5.97 Å². The molecule has 4 heteroatoms. The Labute approximate surface area is 232 Å². The van der Waals surface area contributed by atoms with Crippen molar-refractivity contribution in [2.24, 2.45) is 0 Å². The van der Waals surface area contributed by atoms with Crippen LogP contribution in [0.25, 0.3) is 0 Å². The zero-order chi connectivity index (χ0) is 26.9. The second kappa shape index (κ2) is 13.3. The molecule has 1 aliphatic rings. The van der Waals surface area contributed by atoms with Crippen molar-refractivity contribution in [1.82, 2.24) is 5.32 Å². The van der Waals surface area contributed by atoms with E-state index in [9.17, 15) is 4.79 Å². The maximum atomic E-state index is 11.9. The molecule has 200 valence electrons. The van der Waals surface area contributed by atoms with Gasteiger partial charge < -0.3 is 14.8 Å². The first-order valence-electron chi connectivity index (χ1n) is 14.0. The number of methoxy groups -OCH3 is 1. The number of ether oxygens (including phenoxy) is 2. The highest BCUT2D eigenvalue weighted by Gasteiger charge is 2.21. The lowest BCUT2D eigenvalue weighted by atomic mass is 9.86. The Bertz CT molecular complexity index is 1360. The smallest absolute Gasteiger partial charge is 0.337 e. The lowest BCUT2D eigenvalue weighted by molar-refractivity contribution is 0.0600. The summed E-state index contributed by atoms with van der Waals surface area (Å²) in [4.78, 5) is 11.9. The van der Waals surface area contributed by atoms with Gasteiger partial charge in [0.2, 0.25) is 0 Å². The van der Waals surface area contributed by atoms with Gasteiger partial charge in [-0.25, -0.2) is 4.79 Å². The molecule has 0 amide bonds. The van der Waals surface area contributed by atoms with Crippen LogP contribution < -0.4 is 10.1 Å². The minimum absolute atomic E-state index is 0.275. The van der Waals surface area contributed by atoms with E-state index in [2.05, 4.69) is 84.2 Å². The lowest BCUT2D eigenvalue weighted by Crippen LogP contribution is -2.27. The van der Waals surface area contributed by atoms with E-state index < -0.39 is 0 Å². The predicted molar refractivity (Wildman–Crippen MR) is 156 cm³/mol. The van der Waals surface area contributed by atoms with Gasteiger partial charge in [0.25, 0.3) is 0 Å². The van der Waals surface area contributed by atoms with E-state index in [1.165, 1.54) is 40.5 Å². The zero-order valence-electron chi connectivity index (χ0n) is 22.7. The topological polar surface area (TPSA) is 47.6 Å². The molecule has 1 N–H and O–H groups in total. The van der Waals surface area contributed by atoms with Crippen molar-refractivity contribution in [1.29, 1.82) is 0 Å². The first-order valence-corrected chi connectivity index (χ1v) is 14.0. The number of aryl methyl sites for hydroxylation is 3. The quantitative estimate of drug-likeness (QED) is 0.216. The van der Waals surface area contributed by atoms with Crippen molar-refractivity contribution < 1.29 is 14.3 Å². The van der Waals surface area contributed by atoms with Crippen LogP contribution in [0.2, 0.25) is 0 Å². The zero-order valence-corrected chi connectivity index (χ0v) is 22.7. The van der Waals surface area contributed by atoms with Gasteiger partial charge in [-0.2, -0.15) is 0 Å². The predicted octanol–water partition coefficient (Wildman–Crippen LogP) is 7.05. The molecule has 0 spiro atoms. The van der Waals surface area contributed by atoms with Crippen molar-refractivity contribution in [2.45, 2.75) is 51.2 Å². The fourth-order valence-corrected chi connectivity index (χ4v) is 5.40. The minimum Gasteiger partial charge on any atom is -0.489 e. The van der Waals surface area contributed by atoms with Crippen LogP contribution in [-0.2, 0) is 37.0 Å². The lowest BCUT2D eigenvalue weighted by Gasteiger charge is -2.27. The van der Waals surface area contributed by atoms with Crippen molar-refractivity contribution in [3.63, 3.8) is 0 Å². The Morgan fingerprint density at radius 2 is 1.54 bits per heavy atom. The van der Waals surface area contributed by atoms with Crippen LogP contribution in [0.3, 0.4) is 0 Å². The molecule has 0 aromatic heterocycles. The minimum atomic E-state index is -0.275. The van der Waals surface area contributed by atoms with Crippen LogP contribution in [0.1, 0.15) is 62.6 Å². The van der Waals surface area contributed by atoms with E-state index in [1.54, 1.807) is 0 Å². The molecule has 1 aliphatic carbocycles. The van der Waals surface area contributed by atoms with Crippen LogP contribution in [0.5, 0.6) is 5.75 Å². The SMILES string of the molecule is COC(=O)c1ccc2c(c1)CCCC2NCCc1ccccc1OCc1ccc(CCc2ccccc2)cc1. The summed E-state index contributed by atoms with van der Waals surface area (Å²) < 4.78 is 11.2. The third kappa shape index (κ3) is 7.15. The molecule has 0 aliphatic heterocycles. The third-order valence-electron chi connectivity index (χ3n) is 7.60. The van der Waals surface area contributed by atoms with Crippen LogP contribution in [-0.4, -0.2) is 19.6 Å². The van der Waals surface area contributed by atoms with Gasteiger partial charge >= 0.3 is 5.97 Å². The number of para-hydroxylation sites is 1. The summed E-state index contributed by atoms with van der Waals surface area (Å²) in [5.41, 5.74) is 8.28. The van der Waals surface area contributed by atoms with Gasteiger partial charge in [0.15, 0.2) is 0 Å². The summed E-state index contributed by atoms with van der Waals surface area (Å²) >= 11 is 0. The molecule has 5 rings (SSSR count). The number of fused-ring (bicyclic) bond motifs is 1. The second-order valence-electron chi connectivity index (χ2n) is 10.3. The molecule has 0 bridgehead atoms. The molecule has 0 fully saturated rings. The number of carbonyl (C=O) groups excluding carboxylic acids is 1. The monoisotopic (exact) mass is 519 g/mol. The Balaban J connectivity index is 1.13. The average molecular weight is 520 g/mol. The maximum absolute atomic E-state index is 11.9. The molecule has 39 heavy (non-hydrogen) atoms. The number of nitrogens with one attached hydrogen (secondary N) is 1. The largest absolute Gasteiger partial charge is 0.489 e. The standard InChI is InChI=1S/C35H37NO3/c1-38-35(37)31-20-21-32-30(24-31)11-7-12-33(32)36-23-22-29-10-5-6-13-34(29)39-25-28-18-16-27(17-19-28)15-14-26-8-3-2-4-9-26/h2-6,8-10,13,16-21,24,33,36H,7,11-12,14-15,22-23,25H2,1H3. The molecular formula is C35H37NO3. The van der Waals surface area contributed by atoms with Gasteiger partial charge in [0, 0.05) is 6.04 Å². The maximum Gasteiger partial charge on any atom is 0.337 e. The van der Waals surface area contributed by atoms with Gasteiger partial charge in [-0.15, -0.1) is 0 Å². The summed E-state index contributed by atoms with van der Waals surface area (Å²) in [5, 5.41) is 3.75. The molecular weight excluding hydrogens is 482 g/mol. The molecule has 0 heterocycles. The summed E-state index contributed by atoms with van der Waals surface area (Å²) in [6.45, 7) is 1.42. The number of hydrogen-bond acceptors (Lipinski definition) is 4. The Morgan fingerprint density at radius 1 is 0.821 bits per heavy atom. The molecule has 0 saturated heterocycles. The van der Waals surface area contributed by atoms with Gasteiger partial charge in [-0.3, -0.25) is 0 Å². The van der Waals surface area contributed by atoms with Crippen molar-refractivity contribution in [3.05, 3.63) is 136 Å². The normalized spacial score (nSPS) is 14.4. The van der Waals surface area contributed by atoms with E-state index in [-0.39, 0.29) is 5.97 Å². The Hall–Kier alpha value is -3.89. The number of rotatable bonds is 11. The number of carbonyl (C=O) groups is 1. The average Bonchev–Trinajstić information content (AvgIpc) is 3.00. The highest BCUT2D eigenvalue weighted by molar-refractivity contribution is 5.89. The van der Waals surface area contributed by atoms with Gasteiger partial charge in [0.05, 0.1) is 12.7 Å². The fraction of sp³-hybridized carbons (Fsp3) is 0.286. The van der Waals surface area contributed by atoms with E-state index >= 15 is 0 Å². The van der Waals surface area contributed by atoms with Crippen molar-refractivity contribution in [3.8, 4) is 5.75 Å². The first-order chi connectivity index (χ1) is 19.2. The molecule has 0 saturated carbocycles. The summed E-state index contributed by atoms with van der Waals surface area (Å²) in [6, 6.07) is 34.0. The third-order valence-corrected chi connectivity index (χ3v) is 7.60. The van der Waals surface area contributed by atoms with Crippen LogP contribution in [0.4, 0.5) is 0 Å². The highest BCUT2D eigenvalue weighted by Crippen LogP contribution is 2.31. The summed E-state index contributed by atoms with van der Waals surface area (Å²) in [5.74, 6) is 0.669. The Morgan fingerprint density at radius 3 is 2.33 bits per heavy atom.